The molecule has 1 heterocycles. The van der Waals surface area contributed by atoms with E-state index in [1.165, 1.54) is 6.26 Å². The van der Waals surface area contributed by atoms with E-state index in [9.17, 15) is 16.8 Å². The van der Waals surface area contributed by atoms with Crippen LogP contribution in [0.5, 0.6) is 0 Å². The third-order valence-corrected chi connectivity index (χ3v) is 6.52. The maximum absolute atomic E-state index is 11.6. The number of hydrogen-bond acceptors (Lipinski definition) is 5. The van der Waals surface area contributed by atoms with Gasteiger partial charge in [0, 0.05) is 6.26 Å². The van der Waals surface area contributed by atoms with E-state index in [1.54, 1.807) is 0 Å². The number of rotatable bonds is 8. The molecule has 1 aliphatic heterocycles. The van der Waals surface area contributed by atoms with Crippen molar-refractivity contribution in [3.63, 3.8) is 0 Å². The fourth-order valence-electron chi connectivity index (χ4n) is 2.62. The van der Waals surface area contributed by atoms with Crippen LogP contribution >= 0.6 is 0 Å². The fraction of sp³-hybridized carbons (Fsp3) is 1.00. The van der Waals surface area contributed by atoms with Crippen molar-refractivity contribution in [2.45, 2.75) is 26.7 Å². The molecule has 0 aromatic heterocycles. The normalized spacial score (nSPS) is 24.1. The molecule has 1 saturated heterocycles. The topological polar surface area (TPSA) is 80.3 Å². The van der Waals surface area contributed by atoms with E-state index in [4.69, 9.17) is 0 Å². The number of nitrogens with one attached hydrogen (secondary N) is 1. The van der Waals surface area contributed by atoms with Crippen LogP contribution in [0.4, 0.5) is 0 Å². The number of sulfone groups is 2. The van der Waals surface area contributed by atoms with Crippen LogP contribution in [-0.2, 0) is 19.7 Å². The van der Waals surface area contributed by atoms with Gasteiger partial charge in [0.1, 0.15) is 9.84 Å². The quantitative estimate of drug-likeness (QED) is 0.711. The summed E-state index contributed by atoms with van der Waals surface area (Å²) in [5.41, 5.74) is 0. The molecule has 0 amide bonds. The lowest BCUT2D eigenvalue weighted by atomic mass is 9.89. The SMILES string of the molecule is CC(C)CNCC(CCS(C)(=O)=O)C1CCS(=O)(=O)C1. The van der Waals surface area contributed by atoms with Crippen molar-refractivity contribution in [2.24, 2.45) is 17.8 Å². The van der Waals surface area contributed by atoms with E-state index in [1.807, 2.05) is 0 Å². The van der Waals surface area contributed by atoms with Gasteiger partial charge in [-0.2, -0.15) is 0 Å². The first kappa shape index (κ1) is 17.9. The molecular weight excluding hydrogens is 298 g/mol. The van der Waals surface area contributed by atoms with Crippen LogP contribution in [0.15, 0.2) is 0 Å². The molecule has 1 N–H and O–H groups in total. The van der Waals surface area contributed by atoms with E-state index in [0.29, 0.717) is 25.3 Å². The lowest BCUT2D eigenvalue weighted by molar-refractivity contribution is 0.330. The molecule has 120 valence electrons. The van der Waals surface area contributed by atoms with Crippen molar-refractivity contribution < 1.29 is 16.8 Å². The van der Waals surface area contributed by atoms with E-state index in [0.717, 1.165) is 6.54 Å². The summed E-state index contributed by atoms with van der Waals surface area (Å²) in [7, 11) is -5.91. The number of hydrogen-bond donors (Lipinski definition) is 1. The minimum atomic E-state index is -3.00. The maximum atomic E-state index is 11.6. The first-order chi connectivity index (χ1) is 9.09. The molecule has 0 aliphatic carbocycles. The van der Waals surface area contributed by atoms with Crippen molar-refractivity contribution in [1.29, 1.82) is 0 Å². The van der Waals surface area contributed by atoms with Crippen LogP contribution in [0, 0.1) is 17.8 Å². The van der Waals surface area contributed by atoms with Crippen molar-refractivity contribution >= 4 is 19.7 Å². The smallest absolute Gasteiger partial charge is 0.150 e. The van der Waals surface area contributed by atoms with Crippen LogP contribution in [0.25, 0.3) is 0 Å². The van der Waals surface area contributed by atoms with Crippen LogP contribution in [0.1, 0.15) is 26.7 Å². The van der Waals surface area contributed by atoms with Gasteiger partial charge in [-0.3, -0.25) is 0 Å². The van der Waals surface area contributed by atoms with E-state index < -0.39 is 19.7 Å². The minimum absolute atomic E-state index is 0.0985. The summed E-state index contributed by atoms with van der Waals surface area (Å²) in [5, 5.41) is 3.34. The van der Waals surface area contributed by atoms with Crippen LogP contribution in [0.3, 0.4) is 0 Å². The van der Waals surface area contributed by atoms with Gasteiger partial charge in [0.25, 0.3) is 0 Å². The molecule has 0 saturated carbocycles. The van der Waals surface area contributed by atoms with Crippen molar-refractivity contribution in [2.75, 3.05) is 36.6 Å². The van der Waals surface area contributed by atoms with Crippen molar-refractivity contribution in [3.05, 3.63) is 0 Å². The molecular formula is C13H27NO4S2. The fourth-order valence-corrected chi connectivity index (χ4v) is 5.27. The average Bonchev–Trinajstić information content (AvgIpc) is 2.62. The van der Waals surface area contributed by atoms with Gasteiger partial charge in [-0.15, -0.1) is 0 Å². The molecule has 7 heteroatoms. The zero-order valence-corrected chi connectivity index (χ0v) is 14.3. The molecule has 2 atom stereocenters. The summed E-state index contributed by atoms with van der Waals surface area (Å²) >= 11 is 0. The van der Waals surface area contributed by atoms with Crippen molar-refractivity contribution in [3.8, 4) is 0 Å². The monoisotopic (exact) mass is 325 g/mol. The van der Waals surface area contributed by atoms with Gasteiger partial charge in [0.15, 0.2) is 9.84 Å². The van der Waals surface area contributed by atoms with Crippen LogP contribution < -0.4 is 5.32 Å². The van der Waals surface area contributed by atoms with E-state index in [2.05, 4.69) is 19.2 Å². The maximum Gasteiger partial charge on any atom is 0.150 e. The summed E-state index contributed by atoms with van der Waals surface area (Å²) in [5.74, 6) is 1.35. The van der Waals surface area contributed by atoms with E-state index >= 15 is 0 Å². The van der Waals surface area contributed by atoms with Gasteiger partial charge in [-0.1, -0.05) is 13.8 Å². The largest absolute Gasteiger partial charge is 0.316 e. The summed E-state index contributed by atoms with van der Waals surface area (Å²) in [6.45, 7) is 5.79. The third kappa shape index (κ3) is 7.04. The lowest BCUT2D eigenvalue weighted by Gasteiger charge is -2.23. The molecule has 0 aromatic rings. The first-order valence-corrected chi connectivity index (χ1v) is 11.1. The molecule has 5 nitrogen and oxygen atoms in total. The highest BCUT2D eigenvalue weighted by Crippen LogP contribution is 2.28. The zero-order valence-electron chi connectivity index (χ0n) is 12.6. The van der Waals surface area contributed by atoms with Gasteiger partial charge in [0.05, 0.1) is 17.3 Å². The van der Waals surface area contributed by atoms with Gasteiger partial charge in [-0.05, 0) is 43.7 Å². The molecule has 1 rings (SSSR count). The highest BCUT2D eigenvalue weighted by atomic mass is 32.2. The Balaban J connectivity index is 2.59. The zero-order chi connectivity index (χ0) is 15.4. The molecule has 0 spiro atoms. The van der Waals surface area contributed by atoms with Gasteiger partial charge in [-0.25, -0.2) is 16.8 Å². The van der Waals surface area contributed by atoms with E-state index in [-0.39, 0.29) is 29.1 Å². The first-order valence-electron chi connectivity index (χ1n) is 7.18. The Morgan fingerprint density at radius 3 is 2.35 bits per heavy atom. The highest BCUT2D eigenvalue weighted by molar-refractivity contribution is 7.91. The standard InChI is InChI=1S/C13H27NO4S2/c1-11(2)8-14-9-12(4-6-19(3,15)16)13-5-7-20(17,18)10-13/h11-14H,4-10H2,1-3H3. The third-order valence-electron chi connectivity index (χ3n) is 3.75. The summed E-state index contributed by atoms with van der Waals surface area (Å²) in [6, 6.07) is 0. The molecule has 2 unspecified atom stereocenters. The predicted octanol–water partition coefficient (Wildman–Crippen LogP) is 0.718. The molecule has 20 heavy (non-hydrogen) atoms. The average molecular weight is 325 g/mol. The Hall–Kier alpha value is -0.140. The van der Waals surface area contributed by atoms with Gasteiger partial charge >= 0.3 is 0 Å². The highest BCUT2D eigenvalue weighted by Gasteiger charge is 2.33. The van der Waals surface area contributed by atoms with Crippen LogP contribution in [-0.4, -0.2) is 53.4 Å². The second-order valence-electron chi connectivity index (χ2n) is 6.39. The van der Waals surface area contributed by atoms with Gasteiger partial charge < -0.3 is 5.32 Å². The van der Waals surface area contributed by atoms with Crippen LogP contribution in [0.2, 0.25) is 0 Å². The Kier molecular flexibility index (Phi) is 6.47. The summed E-state index contributed by atoms with van der Waals surface area (Å²) in [4.78, 5) is 0. The Labute approximate surface area is 123 Å². The molecule has 1 aliphatic rings. The second kappa shape index (κ2) is 7.22. The minimum Gasteiger partial charge on any atom is -0.316 e. The second-order valence-corrected chi connectivity index (χ2v) is 10.9. The van der Waals surface area contributed by atoms with Crippen molar-refractivity contribution in [1.82, 2.24) is 5.32 Å². The Bertz CT molecular complexity index is 496. The molecule has 0 bridgehead atoms. The van der Waals surface area contributed by atoms with Gasteiger partial charge in [0.2, 0.25) is 0 Å². The lowest BCUT2D eigenvalue weighted by Crippen LogP contribution is -2.32. The Morgan fingerprint density at radius 1 is 1.25 bits per heavy atom. The Morgan fingerprint density at radius 2 is 1.90 bits per heavy atom. The molecule has 0 radical (unpaired) electrons. The molecule has 0 aromatic carbocycles. The summed E-state index contributed by atoms with van der Waals surface area (Å²) < 4.78 is 45.8. The summed E-state index contributed by atoms with van der Waals surface area (Å²) in [6.07, 6.45) is 2.45. The predicted molar refractivity (Wildman–Crippen MR) is 82.3 cm³/mol. The molecule has 1 fully saturated rings.